The van der Waals surface area contributed by atoms with Gasteiger partial charge in [0, 0.05) is 52.0 Å². The number of benzene rings is 2. The molecular formula is C27H26ClN5O3. The van der Waals surface area contributed by atoms with E-state index in [9.17, 15) is 14.9 Å². The molecule has 2 amide bonds. The Morgan fingerprint density at radius 3 is 2.42 bits per heavy atom. The molecule has 9 heteroatoms. The number of piperazine rings is 1. The third-order valence-electron chi connectivity index (χ3n) is 5.97. The van der Waals surface area contributed by atoms with Gasteiger partial charge in [0.2, 0.25) is 0 Å². The Balaban J connectivity index is 1.42. The van der Waals surface area contributed by atoms with Gasteiger partial charge in [-0.05, 0) is 29.3 Å². The molecule has 184 valence electrons. The van der Waals surface area contributed by atoms with Gasteiger partial charge < -0.3 is 19.4 Å². The van der Waals surface area contributed by atoms with Crippen molar-refractivity contribution in [1.29, 1.82) is 5.26 Å². The van der Waals surface area contributed by atoms with Crippen LogP contribution in [0.5, 0.6) is 0 Å². The lowest BCUT2D eigenvalue weighted by atomic mass is 10.0. The molecule has 8 nitrogen and oxygen atoms in total. The third-order valence-corrected chi connectivity index (χ3v) is 6.28. The molecule has 0 spiro atoms. The van der Waals surface area contributed by atoms with Gasteiger partial charge in [-0.1, -0.05) is 48.0 Å². The van der Waals surface area contributed by atoms with Gasteiger partial charge in [0.05, 0.1) is 16.1 Å². The number of nitrogens with zero attached hydrogens (tertiary/aromatic N) is 5. The van der Waals surface area contributed by atoms with Crippen molar-refractivity contribution >= 4 is 29.4 Å². The van der Waals surface area contributed by atoms with Gasteiger partial charge in [0.1, 0.15) is 18.5 Å². The second-order valence-electron chi connectivity index (χ2n) is 8.62. The summed E-state index contributed by atoms with van der Waals surface area (Å²) in [6, 6.07) is 18.7. The smallest absolute Gasteiger partial charge is 0.410 e. The van der Waals surface area contributed by atoms with Crippen LogP contribution in [0.3, 0.4) is 0 Å². The van der Waals surface area contributed by atoms with Gasteiger partial charge in [0.15, 0.2) is 0 Å². The summed E-state index contributed by atoms with van der Waals surface area (Å²) in [7, 11) is 3.34. The van der Waals surface area contributed by atoms with Gasteiger partial charge in [-0.15, -0.1) is 0 Å². The van der Waals surface area contributed by atoms with E-state index in [1.807, 2.05) is 35.2 Å². The lowest BCUT2D eigenvalue weighted by Gasteiger charge is -2.35. The lowest BCUT2D eigenvalue weighted by Crippen LogP contribution is -2.49. The summed E-state index contributed by atoms with van der Waals surface area (Å²) in [5.41, 5.74) is 3.27. The number of hydrogen-bond donors (Lipinski definition) is 0. The minimum atomic E-state index is -0.351. The molecule has 0 atom stereocenters. The maximum atomic E-state index is 12.5. The van der Waals surface area contributed by atoms with Gasteiger partial charge in [-0.3, -0.25) is 4.79 Å². The van der Waals surface area contributed by atoms with E-state index in [0.29, 0.717) is 48.1 Å². The molecule has 1 aromatic heterocycles. The number of amides is 2. The predicted octanol–water partition coefficient (Wildman–Crippen LogP) is 4.43. The molecule has 4 rings (SSSR count). The number of ether oxygens (including phenoxy) is 1. The Hall–Kier alpha value is -4.09. The van der Waals surface area contributed by atoms with Crippen molar-refractivity contribution in [2.45, 2.75) is 6.61 Å². The molecular weight excluding hydrogens is 478 g/mol. The van der Waals surface area contributed by atoms with Crippen molar-refractivity contribution in [3.8, 4) is 17.2 Å². The molecule has 2 heterocycles. The number of halogens is 1. The maximum Gasteiger partial charge on any atom is 0.410 e. The second-order valence-corrected chi connectivity index (χ2v) is 9.02. The summed E-state index contributed by atoms with van der Waals surface area (Å²) in [4.78, 5) is 34.4. The second kappa shape index (κ2) is 11.1. The monoisotopic (exact) mass is 503 g/mol. The first-order valence-corrected chi connectivity index (χ1v) is 11.9. The van der Waals surface area contributed by atoms with Crippen LogP contribution in [0, 0.1) is 11.3 Å². The summed E-state index contributed by atoms with van der Waals surface area (Å²) in [6.45, 7) is 2.25. The molecule has 0 unspecified atom stereocenters. The summed E-state index contributed by atoms with van der Waals surface area (Å²) in [6.07, 6.45) is 1.34. The first-order chi connectivity index (χ1) is 17.4. The van der Waals surface area contributed by atoms with Gasteiger partial charge in [0.25, 0.3) is 5.91 Å². The topological polar surface area (TPSA) is 89.8 Å². The molecule has 1 fully saturated rings. The van der Waals surface area contributed by atoms with Crippen LogP contribution >= 0.6 is 11.6 Å². The van der Waals surface area contributed by atoms with E-state index in [-0.39, 0.29) is 18.6 Å². The lowest BCUT2D eigenvalue weighted by molar-refractivity contribution is 0.0827. The highest BCUT2D eigenvalue weighted by Crippen LogP contribution is 2.29. The zero-order valence-corrected chi connectivity index (χ0v) is 20.9. The molecule has 0 saturated carbocycles. The SMILES string of the molecule is CN(C)C(=O)c1ccc(-c2cnc(N3CCN(C(=O)OCc4ccccc4)CC3)c(C#N)c2)cc1Cl. The van der Waals surface area contributed by atoms with Crippen LogP contribution in [-0.2, 0) is 11.3 Å². The van der Waals surface area contributed by atoms with E-state index in [1.165, 1.54) is 4.90 Å². The van der Waals surface area contributed by atoms with Crippen molar-refractivity contribution in [2.24, 2.45) is 0 Å². The number of nitriles is 1. The van der Waals surface area contributed by atoms with Gasteiger partial charge >= 0.3 is 6.09 Å². The Labute approximate surface area is 215 Å². The highest BCUT2D eigenvalue weighted by molar-refractivity contribution is 6.34. The number of carbonyl (C=O) groups is 2. The zero-order chi connectivity index (χ0) is 25.7. The fourth-order valence-electron chi connectivity index (χ4n) is 3.97. The van der Waals surface area contributed by atoms with Crippen LogP contribution in [0.4, 0.5) is 10.6 Å². The molecule has 1 aliphatic heterocycles. The van der Waals surface area contributed by atoms with Crippen molar-refractivity contribution in [2.75, 3.05) is 45.2 Å². The highest BCUT2D eigenvalue weighted by atomic mass is 35.5. The van der Waals surface area contributed by atoms with Crippen LogP contribution < -0.4 is 4.90 Å². The number of pyridine rings is 1. The molecule has 1 aliphatic rings. The fraction of sp³-hybridized carbons (Fsp3) is 0.259. The third kappa shape index (κ3) is 5.58. The molecule has 36 heavy (non-hydrogen) atoms. The normalized spacial score (nSPS) is 13.2. The van der Waals surface area contributed by atoms with E-state index in [2.05, 4.69) is 11.1 Å². The van der Waals surface area contributed by atoms with Gasteiger partial charge in [-0.2, -0.15) is 5.26 Å². The van der Waals surface area contributed by atoms with Crippen LogP contribution in [0.25, 0.3) is 11.1 Å². The molecule has 0 bridgehead atoms. The Morgan fingerprint density at radius 2 is 1.78 bits per heavy atom. The fourth-order valence-corrected chi connectivity index (χ4v) is 4.23. The maximum absolute atomic E-state index is 12.5. The first kappa shape index (κ1) is 25.0. The van der Waals surface area contributed by atoms with Crippen LogP contribution in [0.15, 0.2) is 60.8 Å². The molecule has 0 aliphatic carbocycles. The van der Waals surface area contributed by atoms with Crippen molar-refractivity contribution in [1.82, 2.24) is 14.8 Å². The number of rotatable bonds is 5. The van der Waals surface area contributed by atoms with Crippen molar-refractivity contribution in [3.63, 3.8) is 0 Å². The number of anilines is 1. The largest absolute Gasteiger partial charge is 0.445 e. The molecule has 0 N–H and O–H groups in total. The predicted molar refractivity (Wildman–Crippen MR) is 138 cm³/mol. The van der Waals surface area contributed by atoms with E-state index < -0.39 is 0 Å². The van der Waals surface area contributed by atoms with Gasteiger partial charge in [-0.25, -0.2) is 9.78 Å². The van der Waals surface area contributed by atoms with E-state index in [4.69, 9.17) is 16.3 Å². The molecule has 0 radical (unpaired) electrons. The van der Waals surface area contributed by atoms with E-state index >= 15 is 0 Å². The zero-order valence-electron chi connectivity index (χ0n) is 20.1. The number of carbonyl (C=O) groups excluding carboxylic acids is 2. The van der Waals surface area contributed by atoms with Crippen LogP contribution in [-0.4, -0.2) is 67.1 Å². The summed E-state index contributed by atoms with van der Waals surface area (Å²) in [5, 5.41) is 10.1. The quantitative estimate of drug-likeness (QED) is 0.511. The van der Waals surface area contributed by atoms with E-state index in [0.717, 1.165) is 16.7 Å². The number of hydrogen-bond acceptors (Lipinski definition) is 6. The minimum Gasteiger partial charge on any atom is -0.445 e. The molecule has 1 saturated heterocycles. The van der Waals surface area contributed by atoms with Crippen LogP contribution in [0.1, 0.15) is 21.5 Å². The Bertz CT molecular complexity index is 1300. The number of aromatic nitrogens is 1. The Morgan fingerprint density at radius 1 is 1.06 bits per heavy atom. The van der Waals surface area contributed by atoms with Crippen LogP contribution in [0.2, 0.25) is 5.02 Å². The summed E-state index contributed by atoms with van der Waals surface area (Å²) in [5.74, 6) is 0.393. The van der Waals surface area contributed by atoms with Crippen molar-refractivity contribution < 1.29 is 14.3 Å². The standard InChI is InChI=1S/C27H26ClN5O3/c1-31(2)26(34)23-9-8-20(15-24(23)28)22-14-21(16-29)25(30-17-22)32-10-12-33(13-11-32)27(35)36-18-19-6-4-3-5-7-19/h3-9,14-15,17H,10-13,18H2,1-2H3. The van der Waals surface area contributed by atoms with Crippen molar-refractivity contribution in [3.05, 3.63) is 82.5 Å². The molecule has 3 aromatic rings. The molecule has 2 aromatic carbocycles. The summed E-state index contributed by atoms with van der Waals surface area (Å²) >= 11 is 6.36. The minimum absolute atomic E-state index is 0.180. The summed E-state index contributed by atoms with van der Waals surface area (Å²) < 4.78 is 5.43. The van der Waals surface area contributed by atoms with E-state index in [1.54, 1.807) is 49.5 Å². The average molecular weight is 504 g/mol. The first-order valence-electron chi connectivity index (χ1n) is 11.5. The highest BCUT2D eigenvalue weighted by Gasteiger charge is 2.25. The Kier molecular flexibility index (Phi) is 7.71. The average Bonchev–Trinajstić information content (AvgIpc) is 2.91.